The van der Waals surface area contributed by atoms with Gasteiger partial charge in [0.05, 0.1) is 5.57 Å². The molecule has 1 aromatic heterocycles. The highest BCUT2D eigenvalue weighted by atomic mass is 19.3. The number of halogens is 2. The zero-order valence-corrected chi connectivity index (χ0v) is 24.0. The Hall–Kier alpha value is -2.83. The first-order chi connectivity index (χ1) is 16.8. The van der Waals surface area contributed by atoms with Crippen LogP contribution in [0.15, 0.2) is 78.7 Å². The maximum Gasteiger partial charge on any atom is 0.328 e. The molecule has 0 spiro atoms. The summed E-state index contributed by atoms with van der Waals surface area (Å²) in [6.07, 6.45) is 4.19. The van der Waals surface area contributed by atoms with E-state index in [0.717, 1.165) is 11.3 Å². The molecule has 6 heteroatoms. The molecule has 1 aromatic carbocycles. The van der Waals surface area contributed by atoms with Crippen LogP contribution >= 0.6 is 0 Å². The Balaban J connectivity index is -0.000000501. The molecule has 0 aliphatic carbocycles. The lowest BCUT2D eigenvalue weighted by molar-refractivity contribution is 0.0507. The van der Waals surface area contributed by atoms with Gasteiger partial charge in [0.2, 0.25) is 0 Å². The number of hydrogen-bond acceptors (Lipinski definition) is 4. The van der Waals surface area contributed by atoms with Crippen LogP contribution in [0.4, 0.5) is 8.78 Å². The van der Waals surface area contributed by atoms with Gasteiger partial charge in [-0.1, -0.05) is 88.2 Å². The largest absolute Gasteiger partial charge is 0.381 e. The Morgan fingerprint density at radius 3 is 1.89 bits per heavy atom. The topological polar surface area (TPSA) is 77.0 Å². The molecule has 0 unspecified atom stereocenters. The van der Waals surface area contributed by atoms with Crippen molar-refractivity contribution in [2.45, 2.75) is 87.9 Å². The summed E-state index contributed by atoms with van der Waals surface area (Å²) in [5, 5.41) is 2.83. The lowest BCUT2D eigenvalue weighted by atomic mass is 10.1. The first-order valence-electron chi connectivity index (χ1n) is 12.4. The number of nitrogens with one attached hydrogen (secondary N) is 1. The average molecular weight is 505 g/mol. The summed E-state index contributed by atoms with van der Waals surface area (Å²) in [6, 6.07) is 8.53. The molecule has 0 aliphatic heterocycles. The maximum atomic E-state index is 13.0. The zero-order valence-electron chi connectivity index (χ0n) is 24.0. The Bertz CT molecular complexity index is 863. The fraction of sp³-hybridized carbons (Fsp3) is 0.433. The van der Waals surface area contributed by atoms with Gasteiger partial charge in [-0.2, -0.15) is 8.78 Å². The summed E-state index contributed by atoms with van der Waals surface area (Å²) >= 11 is 0. The number of benzene rings is 1. The Kier molecular flexibility index (Phi) is 23.7. The molecule has 204 valence electrons. The van der Waals surface area contributed by atoms with E-state index in [1.807, 2.05) is 40.7 Å². The molecule has 2 rings (SSSR count). The molecule has 0 atom stereocenters. The SMILES string of the molecule is C=C(C)C.C=C(NCc1cccnc1C)/C(=C\C)C(N)(F)F.CC.CCC.Cc1ccc(CN)cc1. The third-order valence-corrected chi connectivity index (χ3v) is 3.94. The standard InChI is InChI=1S/C13H17F2N3.C8H11N.C4H8.C3H8.C2H6/c1-4-12(13(14,15)16)10(3)18-8-11-6-5-7-17-9(11)2;1-7-2-4-8(6-9)5-3-7;1-4(2)3;1-3-2;1-2/h4-7,18H,3,8,16H2,1-2H3;2-5H,6,9H2,1H3;1H2,2-3H3;3H2,1-2H3;1-2H3/b12-4+;;;;. The second-order valence-electron chi connectivity index (χ2n) is 8.01. The molecular weight excluding hydrogens is 454 g/mol. The van der Waals surface area contributed by atoms with E-state index in [0.29, 0.717) is 13.1 Å². The summed E-state index contributed by atoms with van der Waals surface area (Å²) in [6.45, 7) is 25.8. The number of aryl methyl sites for hydroxylation is 2. The number of rotatable bonds is 6. The second-order valence-corrected chi connectivity index (χ2v) is 8.01. The van der Waals surface area contributed by atoms with Gasteiger partial charge in [-0.3, -0.25) is 10.7 Å². The zero-order chi connectivity index (χ0) is 28.7. The fourth-order valence-corrected chi connectivity index (χ4v) is 2.29. The summed E-state index contributed by atoms with van der Waals surface area (Å²) < 4.78 is 26.1. The molecule has 1 heterocycles. The van der Waals surface area contributed by atoms with Crippen LogP contribution in [-0.2, 0) is 13.1 Å². The fourth-order valence-electron chi connectivity index (χ4n) is 2.29. The summed E-state index contributed by atoms with van der Waals surface area (Å²) in [5.41, 5.74) is 15.4. The van der Waals surface area contributed by atoms with Gasteiger partial charge in [0.1, 0.15) is 0 Å². The third kappa shape index (κ3) is 20.5. The normalized spacial score (nSPS) is 9.97. The third-order valence-electron chi connectivity index (χ3n) is 3.94. The molecule has 0 saturated carbocycles. The maximum absolute atomic E-state index is 13.0. The summed E-state index contributed by atoms with van der Waals surface area (Å²) in [5.74, 6) is 0. The van der Waals surface area contributed by atoms with Crippen LogP contribution in [0.5, 0.6) is 0 Å². The van der Waals surface area contributed by atoms with Crippen LogP contribution < -0.4 is 16.8 Å². The van der Waals surface area contributed by atoms with Crippen molar-refractivity contribution in [1.29, 1.82) is 0 Å². The monoisotopic (exact) mass is 504 g/mol. The van der Waals surface area contributed by atoms with Crippen LogP contribution in [0.2, 0.25) is 0 Å². The second kappa shape index (κ2) is 22.6. The number of allylic oxidation sites excluding steroid dienone is 2. The van der Waals surface area contributed by atoms with E-state index >= 15 is 0 Å². The van der Waals surface area contributed by atoms with Crippen LogP contribution in [0.25, 0.3) is 0 Å². The van der Waals surface area contributed by atoms with Gasteiger partial charge in [0.25, 0.3) is 0 Å². The van der Waals surface area contributed by atoms with Gasteiger partial charge in [-0.15, -0.1) is 6.58 Å². The number of nitrogens with zero attached hydrogens (tertiary/aromatic N) is 1. The minimum atomic E-state index is -3.39. The van der Waals surface area contributed by atoms with E-state index in [2.05, 4.69) is 68.5 Å². The molecule has 0 bridgehead atoms. The molecule has 0 amide bonds. The minimum Gasteiger partial charge on any atom is -0.381 e. The van der Waals surface area contributed by atoms with Crippen LogP contribution in [-0.4, -0.2) is 11.0 Å². The van der Waals surface area contributed by atoms with Crippen molar-refractivity contribution in [3.8, 4) is 0 Å². The Morgan fingerprint density at radius 1 is 1.06 bits per heavy atom. The van der Waals surface area contributed by atoms with E-state index in [4.69, 9.17) is 11.5 Å². The lowest BCUT2D eigenvalue weighted by Gasteiger charge is -2.18. The van der Waals surface area contributed by atoms with Gasteiger partial charge < -0.3 is 11.1 Å². The van der Waals surface area contributed by atoms with E-state index in [-0.39, 0.29) is 11.3 Å². The number of aromatic nitrogens is 1. The van der Waals surface area contributed by atoms with Crippen LogP contribution in [0, 0.1) is 13.8 Å². The van der Waals surface area contributed by atoms with Crippen molar-refractivity contribution in [1.82, 2.24) is 10.3 Å². The molecule has 2 aromatic rings. The molecule has 0 saturated heterocycles. The first-order valence-corrected chi connectivity index (χ1v) is 12.4. The van der Waals surface area contributed by atoms with Gasteiger partial charge >= 0.3 is 6.05 Å². The van der Waals surface area contributed by atoms with Crippen molar-refractivity contribution in [2.24, 2.45) is 11.5 Å². The lowest BCUT2D eigenvalue weighted by Crippen LogP contribution is -2.34. The predicted octanol–water partition coefficient (Wildman–Crippen LogP) is 7.97. The average Bonchev–Trinajstić information content (AvgIpc) is 2.80. The van der Waals surface area contributed by atoms with E-state index in [1.54, 1.807) is 12.3 Å². The predicted molar refractivity (Wildman–Crippen MR) is 155 cm³/mol. The van der Waals surface area contributed by atoms with E-state index in [1.165, 1.54) is 36.1 Å². The Labute approximate surface area is 219 Å². The van der Waals surface area contributed by atoms with Gasteiger partial charge in [0, 0.05) is 30.7 Å². The van der Waals surface area contributed by atoms with Gasteiger partial charge in [-0.25, -0.2) is 0 Å². The molecule has 0 aliphatic rings. The van der Waals surface area contributed by atoms with Crippen molar-refractivity contribution >= 4 is 0 Å². The van der Waals surface area contributed by atoms with Gasteiger partial charge in [0.15, 0.2) is 0 Å². The van der Waals surface area contributed by atoms with E-state index in [9.17, 15) is 8.78 Å². The van der Waals surface area contributed by atoms with Crippen molar-refractivity contribution < 1.29 is 8.78 Å². The summed E-state index contributed by atoms with van der Waals surface area (Å²) in [4.78, 5) is 4.11. The highest BCUT2D eigenvalue weighted by molar-refractivity contribution is 5.32. The van der Waals surface area contributed by atoms with Crippen molar-refractivity contribution in [3.63, 3.8) is 0 Å². The molecule has 36 heavy (non-hydrogen) atoms. The number of alkyl halides is 2. The summed E-state index contributed by atoms with van der Waals surface area (Å²) in [7, 11) is 0. The van der Waals surface area contributed by atoms with Crippen molar-refractivity contribution in [3.05, 3.63) is 101 Å². The number of hydrogen-bond donors (Lipinski definition) is 3. The van der Waals surface area contributed by atoms with Crippen molar-refractivity contribution in [2.75, 3.05) is 0 Å². The molecular formula is C30H50F2N4. The molecule has 4 nitrogen and oxygen atoms in total. The molecule has 5 N–H and O–H groups in total. The molecule has 0 radical (unpaired) electrons. The van der Waals surface area contributed by atoms with E-state index < -0.39 is 6.05 Å². The number of pyridine rings is 1. The quantitative estimate of drug-likeness (QED) is 0.212. The Morgan fingerprint density at radius 2 is 1.53 bits per heavy atom. The smallest absolute Gasteiger partial charge is 0.328 e. The number of nitrogens with two attached hydrogens (primary N) is 2. The first kappa shape index (κ1) is 37.7. The minimum absolute atomic E-state index is 0.119. The molecule has 0 fully saturated rings. The highest BCUT2D eigenvalue weighted by Crippen LogP contribution is 2.22. The van der Waals surface area contributed by atoms with Gasteiger partial charge in [-0.05, 0) is 51.8 Å². The van der Waals surface area contributed by atoms with Crippen LogP contribution in [0.3, 0.4) is 0 Å². The van der Waals surface area contributed by atoms with Crippen LogP contribution in [0.1, 0.15) is 77.3 Å². The highest BCUT2D eigenvalue weighted by Gasteiger charge is 2.29.